The van der Waals surface area contributed by atoms with E-state index in [-0.39, 0.29) is 11.6 Å². The van der Waals surface area contributed by atoms with Gasteiger partial charge in [-0.25, -0.2) is 9.97 Å². The molecular formula is C24H22N6O. The lowest BCUT2D eigenvalue weighted by atomic mass is 9.97. The lowest BCUT2D eigenvalue weighted by Crippen LogP contribution is -2.38. The van der Waals surface area contributed by atoms with Crippen molar-refractivity contribution in [2.75, 3.05) is 5.73 Å². The van der Waals surface area contributed by atoms with Gasteiger partial charge in [0, 0.05) is 34.8 Å². The Hall–Kier alpha value is -4.00. The van der Waals surface area contributed by atoms with Gasteiger partial charge < -0.3 is 15.6 Å². The summed E-state index contributed by atoms with van der Waals surface area (Å²) in [5.74, 6) is -0.0534. The number of allylic oxidation sites excluding steroid dienone is 1. The summed E-state index contributed by atoms with van der Waals surface area (Å²) in [5.41, 5.74) is 11.7. The standard InChI is InChI=1S/C24H22N6O/c1-13(2)24(31)29-17-8-14(3)21-19(16-9-15-6-4-5-7-18(15)26-10-16)20-22(25)27-12-28-23(20)30(21)11-17/h4-10,12,17H,1,11H2,2-3H3,(H,29,31)(H2,25,27,28)/t17-/m0/s1/i1D2. The minimum Gasteiger partial charge on any atom is -0.383 e. The van der Waals surface area contributed by atoms with Crippen molar-refractivity contribution in [3.63, 3.8) is 0 Å². The average Bonchev–Trinajstić information content (AvgIpc) is 3.14. The molecule has 0 aliphatic carbocycles. The topological polar surface area (TPSA) is 98.7 Å². The zero-order valence-electron chi connectivity index (χ0n) is 19.2. The third kappa shape index (κ3) is 3.06. The van der Waals surface area contributed by atoms with E-state index in [9.17, 15) is 4.79 Å². The number of amides is 1. The van der Waals surface area contributed by atoms with Crippen molar-refractivity contribution >= 4 is 39.2 Å². The predicted octanol–water partition coefficient (Wildman–Crippen LogP) is 3.71. The van der Waals surface area contributed by atoms with Crippen LogP contribution in [0.2, 0.25) is 0 Å². The molecule has 31 heavy (non-hydrogen) atoms. The second kappa shape index (κ2) is 7.05. The van der Waals surface area contributed by atoms with Crippen LogP contribution in [0, 0.1) is 0 Å². The van der Waals surface area contributed by atoms with Gasteiger partial charge in [0.25, 0.3) is 0 Å². The van der Waals surface area contributed by atoms with Gasteiger partial charge in [-0.3, -0.25) is 9.78 Å². The SMILES string of the molecule is [2H]C([2H])=C(C)C(=O)N[C@H]1C=C(C)c2c(-c3cnc4ccccc4c3)c3c(N)ncnc3n2C1. The number of carbonyl (C=O) groups is 1. The van der Waals surface area contributed by atoms with E-state index in [0.717, 1.165) is 38.7 Å². The fraction of sp³-hybridized carbons (Fsp3) is 0.167. The predicted molar refractivity (Wildman–Crippen MR) is 123 cm³/mol. The molecule has 0 spiro atoms. The van der Waals surface area contributed by atoms with Crippen LogP contribution in [0.3, 0.4) is 0 Å². The van der Waals surface area contributed by atoms with E-state index in [0.29, 0.717) is 18.0 Å². The maximum atomic E-state index is 12.4. The van der Waals surface area contributed by atoms with Crippen molar-refractivity contribution in [2.45, 2.75) is 26.4 Å². The Bertz CT molecular complexity index is 1500. The fourth-order valence-corrected chi connectivity index (χ4v) is 4.26. The molecule has 4 aromatic rings. The van der Waals surface area contributed by atoms with Gasteiger partial charge in [-0.15, -0.1) is 0 Å². The number of nitrogens with two attached hydrogens (primary N) is 1. The van der Waals surface area contributed by atoms with Crippen molar-refractivity contribution in [3.05, 3.63) is 66.7 Å². The van der Waals surface area contributed by atoms with Crippen LogP contribution in [-0.2, 0) is 11.3 Å². The minimum atomic E-state index is -0.497. The molecule has 0 bridgehead atoms. The van der Waals surface area contributed by atoms with E-state index in [1.54, 1.807) is 0 Å². The first-order chi connectivity index (χ1) is 15.8. The molecule has 7 nitrogen and oxygen atoms in total. The average molecular weight is 412 g/mol. The first-order valence-electron chi connectivity index (χ1n) is 11.0. The summed E-state index contributed by atoms with van der Waals surface area (Å²) in [7, 11) is 0. The molecule has 0 saturated carbocycles. The number of hydrogen-bond donors (Lipinski definition) is 2. The van der Waals surface area contributed by atoms with Gasteiger partial charge in [0.1, 0.15) is 17.8 Å². The highest BCUT2D eigenvalue weighted by Crippen LogP contribution is 2.41. The van der Waals surface area contributed by atoms with Gasteiger partial charge in [-0.05, 0) is 31.6 Å². The van der Waals surface area contributed by atoms with E-state index in [2.05, 4.69) is 26.3 Å². The van der Waals surface area contributed by atoms with Crippen LogP contribution < -0.4 is 11.1 Å². The van der Waals surface area contributed by atoms with E-state index < -0.39 is 12.4 Å². The van der Waals surface area contributed by atoms with Crippen molar-refractivity contribution in [3.8, 4) is 11.1 Å². The third-order valence-corrected chi connectivity index (χ3v) is 5.61. The van der Waals surface area contributed by atoms with Crippen molar-refractivity contribution < 1.29 is 7.54 Å². The number of nitrogen functional groups attached to an aromatic ring is 1. The Morgan fingerprint density at radius 2 is 2.16 bits per heavy atom. The molecule has 3 N–H and O–H groups in total. The van der Waals surface area contributed by atoms with Crippen molar-refractivity contribution in [2.24, 2.45) is 0 Å². The highest BCUT2D eigenvalue weighted by Gasteiger charge is 2.28. The molecule has 3 aromatic heterocycles. The van der Waals surface area contributed by atoms with Gasteiger partial charge in [0.2, 0.25) is 5.91 Å². The summed E-state index contributed by atoms with van der Waals surface area (Å²) < 4.78 is 16.8. The zero-order valence-corrected chi connectivity index (χ0v) is 17.2. The number of para-hydroxylation sites is 1. The number of aromatic nitrogens is 4. The third-order valence-electron chi connectivity index (χ3n) is 5.61. The first kappa shape index (κ1) is 16.8. The number of anilines is 1. The van der Waals surface area contributed by atoms with E-state index in [1.165, 1.54) is 13.3 Å². The van der Waals surface area contributed by atoms with Crippen molar-refractivity contribution in [1.29, 1.82) is 0 Å². The maximum Gasteiger partial charge on any atom is 0.246 e. The van der Waals surface area contributed by atoms with E-state index >= 15 is 0 Å². The number of pyridine rings is 1. The fourth-order valence-electron chi connectivity index (χ4n) is 4.26. The molecule has 0 fully saturated rings. The summed E-state index contributed by atoms with van der Waals surface area (Å²) >= 11 is 0. The van der Waals surface area contributed by atoms with Crippen molar-refractivity contribution in [1.82, 2.24) is 24.8 Å². The minimum absolute atomic E-state index is 0.0683. The Balaban J connectivity index is 1.68. The molecule has 0 radical (unpaired) electrons. The number of nitrogens with one attached hydrogen (secondary N) is 1. The molecule has 0 saturated heterocycles. The van der Waals surface area contributed by atoms with Crippen LogP contribution in [0.15, 0.2) is 61.0 Å². The van der Waals surface area contributed by atoms with Crippen LogP contribution in [0.5, 0.6) is 0 Å². The highest BCUT2D eigenvalue weighted by molar-refractivity contribution is 6.07. The summed E-state index contributed by atoms with van der Waals surface area (Å²) in [6.45, 7) is 3.39. The molecule has 5 rings (SSSR count). The smallest absolute Gasteiger partial charge is 0.246 e. The van der Waals surface area contributed by atoms with Gasteiger partial charge in [0.15, 0.2) is 0 Å². The number of hydrogen-bond acceptors (Lipinski definition) is 5. The lowest BCUT2D eigenvalue weighted by molar-refractivity contribution is -0.117. The molecule has 1 amide bonds. The molecule has 1 aliphatic heterocycles. The van der Waals surface area contributed by atoms with Crippen LogP contribution in [0.4, 0.5) is 5.82 Å². The van der Waals surface area contributed by atoms with Crippen LogP contribution in [0.25, 0.3) is 38.6 Å². The second-order valence-electron chi connectivity index (χ2n) is 7.76. The van der Waals surface area contributed by atoms with Gasteiger partial charge in [-0.1, -0.05) is 30.8 Å². The first-order valence-corrected chi connectivity index (χ1v) is 9.96. The monoisotopic (exact) mass is 412 g/mol. The number of nitrogens with zero attached hydrogens (tertiary/aromatic N) is 4. The Kier molecular flexibility index (Phi) is 3.81. The molecule has 0 unspecified atom stereocenters. The van der Waals surface area contributed by atoms with E-state index in [1.807, 2.05) is 48.0 Å². The second-order valence-corrected chi connectivity index (χ2v) is 7.76. The Labute approximate surface area is 182 Å². The Morgan fingerprint density at radius 1 is 1.32 bits per heavy atom. The normalized spacial score (nSPS) is 16.3. The molecule has 1 aromatic carbocycles. The van der Waals surface area contributed by atoms with Crippen LogP contribution >= 0.6 is 0 Å². The highest BCUT2D eigenvalue weighted by atomic mass is 16.1. The van der Waals surface area contributed by atoms with Crippen LogP contribution in [0.1, 0.15) is 22.3 Å². The van der Waals surface area contributed by atoms with Gasteiger partial charge in [0.05, 0.1) is 25.4 Å². The number of rotatable bonds is 3. The molecule has 7 heteroatoms. The maximum absolute atomic E-state index is 12.4. The Morgan fingerprint density at radius 3 is 3.00 bits per heavy atom. The zero-order chi connectivity index (χ0) is 23.3. The molecule has 1 atom stereocenters. The number of fused-ring (bicyclic) bond motifs is 4. The summed E-state index contributed by atoms with van der Waals surface area (Å²) in [5, 5.41) is 4.67. The quantitative estimate of drug-likeness (QED) is 0.500. The van der Waals surface area contributed by atoms with Crippen LogP contribution in [-0.4, -0.2) is 31.5 Å². The number of carbonyl (C=O) groups excluding carboxylic acids is 1. The number of benzene rings is 1. The largest absolute Gasteiger partial charge is 0.383 e. The lowest BCUT2D eigenvalue weighted by Gasteiger charge is -2.25. The van der Waals surface area contributed by atoms with Gasteiger partial charge in [-0.2, -0.15) is 0 Å². The summed E-state index contributed by atoms with van der Waals surface area (Å²) in [6, 6.07) is 9.69. The molecular weight excluding hydrogens is 388 g/mol. The summed E-state index contributed by atoms with van der Waals surface area (Å²) in [6.07, 6.45) is 5.26. The van der Waals surface area contributed by atoms with Gasteiger partial charge >= 0.3 is 0 Å². The molecule has 4 heterocycles. The molecule has 1 aliphatic rings. The molecule has 154 valence electrons. The summed E-state index contributed by atoms with van der Waals surface area (Å²) in [4.78, 5) is 25.8. The van der Waals surface area contributed by atoms with E-state index in [4.69, 9.17) is 8.48 Å².